The number of anilines is 2. The van der Waals surface area contributed by atoms with Crippen molar-refractivity contribution in [3.05, 3.63) is 18.2 Å². The minimum absolute atomic E-state index is 0.378. The Hall–Kier alpha value is -1.80. The van der Waals surface area contributed by atoms with Crippen molar-refractivity contribution in [2.24, 2.45) is 0 Å². The highest BCUT2D eigenvalue weighted by Crippen LogP contribution is 2.27. The van der Waals surface area contributed by atoms with Crippen LogP contribution < -0.4 is 11.1 Å². The molecule has 1 atom stereocenters. The van der Waals surface area contributed by atoms with E-state index in [1.807, 2.05) is 0 Å². The Kier molecular flexibility index (Phi) is 4.46. The van der Waals surface area contributed by atoms with Crippen LogP contribution >= 0.6 is 11.3 Å². The molecule has 0 aliphatic rings. The molecule has 108 valence electrons. The number of benzene rings is 1. The molecule has 8 heteroatoms. The SMILES string of the molecule is CC(OCC(F)F)C(=O)Nc1nc2ccc(N)cc2s1. The third-order valence-corrected chi connectivity index (χ3v) is 3.42. The number of nitrogens with one attached hydrogen (secondary N) is 1. The predicted molar refractivity (Wildman–Crippen MR) is 74.1 cm³/mol. The first-order valence-electron chi connectivity index (χ1n) is 5.82. The van der Waals surface area contributed by atoms with Gasteiger partial charge in [-0.2, -0.15) is 0 Å². The van der Waals surface area contributed by atoms with Gasteiger partial charge >= 0.3 is 0 Å². The quantitative estimate of drug-likeness (QED) is 0.832. The van der Waals surface area contributed by atoms with Crippen molar-refractivity contribution in [2.45, 2.75) is 19.5 Å². The number of aromatic nitrogens is 1. The number of hydrogen-bond acceptors (Lipinski definition) is 5. The average molecular weight is 301 g/mol. The number of carbonyl (C=O) groups excluding carboxylic acids is 1. The second-order valence-corrected chi connectivity index (χ2v) is 5.13. The molecule has 0 radical (unpaired) electrons. The van der Waals surface area contributed by atoms with E-state index in [4.69, 9.17) is 10.5 Å². The molecule has 1 heterocycles. The fraction of sp³-hybridized carbons (Fsp3) is 0.333. The fourth-order valence-electron chi connectivity index (χ4n) is 1.49. The van der Waals surface area contributed by atoms with Crippen LogP contribution in [0.1, 0.15) is 6.92 Å². The monoisotopic (exact) mass is 301 g/mol. The van der Waals surface area contributed by atoms with Crippen molar-refractivity contribution in [3.8, 4) is 0 Å². The van der Waals surface area contributed by atoms with Gasteiger partial charge in [-0.05, 0) is 25.1 Å². The van der Waals surface area contributed by atoms with Crippen LogP contribution in [0.4, 0.5) is 19.6 Å². The summed E-state index contributed by atoms with van der Waals surface area (Å²) in [6.45, 7) is 0.633. The molecule has 0 saturated heterocycles. The largest absolute Gasteiger partial charge is 0.399 e. The molecule has 3 N–H and O–H groups in total. The molecule has 1 aromatic heterocycles. The van der Waals surface area contributed by atoms with Gasteiger partial charge in [-0.3, -0.25) is 10.1 Å². The summed E-state index contributed by atoms with van der Waals surface area (Å²) in [6.07, 6.45) is -3.57. The van der Waals surface area contributed by atoms with Crippen molar-refractivity contribution < 1.29 is 18.3 Å². The summed E-state index contributed by atoms with van der Waals surface area (Å²) in [4.78, 5) is 15.9. The van der Waals surface area contributed by atoms with Gasteiger partial charge in [-0.15, -0.1) is 0 Å². The van der Waals surface area contributed by atoms with Gasteiger partial charge in [0.15, 0.2) is 5.13 Å². The zero-order valence-corrected chi connectivity index (χ0v) is 11.4. The van der Waals surface area contributed by atoms with E-state index in [1.54, 1.807) is 18.2 Å². The number of fused-ring (bicyclic) bond motifs is 1. The van der Waals surface area contributed by atoms with E-state index in [0.717, 1.165) is 4.70 Å². The van der Waals surface area contributed by atoms with Gasteiger partial charge in [-0.25, -0.2) is 13.8 Å². The lowest BCUT2D eigenvalue weighted by atomic mass is 10.3. The number of nitrogens with zero attached hydrogens (tertiary/aromatic N) is 1. The van der Waals surface area contributed by atoms with E-state index in [1.165, 1.54) is 18.3 Å². The second-order valence-electron chi connectivity index (χ2n) is 4.10. The zero-order chi connectivity index (χ0) is 14.7. The standard InChI is InChI=1S/C12H13F2N3O2S/c1-6(19-5-10(13)14)11(18)17-12-16-8-3-2-7(15)4-9(8)20-12/h2-4,6,10H,5,15H2,1H3,(H,16,17,18). The molecule has 0 spiro atoms. The van der Waals surface area contributed by atoms with Gasteiger partial charge in [0.25, 0.3) is 12.3 Å². The first-order valence-corrected chi connectivity index (χ1v) is 6.64. The van der Waals surface area contributed by atoms with Crippen LogP contribution in [0, 0.1) is 0 Å². The summed E-state index contributed by atoms with van der Waals surface area (Å²) in [5.74, 6) is -0.516. The van der Waals surface area contributed by atoms with Crippen molar-refractivity contribution in [2.75, 3.05) is 17.7 Å². The van der Waals surface area contributed by atoms with Crippen LogP contribution in [-0.2, 0) is 9.53 Å². The number of rotatable bonds is 5. The molecular weight excluding hydrogens is 288 g/mol. The van der Waals surface area contributed by atoms with Gasteiger partial charge in [-0.1, -0.05) is 11.3 Å². The first kappa shape index (κ1) is 14.6. The third kappa shape index (κ3) is 3.61. The molecule has 1 unspecified atom stereocenters. The van der Waals surface area contributed by atoms with Gasteiger partial charge in [0.2, 0.25) is 0 Å². The molecule has 0 saturated carbocycles. The highest BCUT2D eigenvalue weighted by molar-refractivity contribution is 7.22. The Morgan fingerprint density at radius 1 is 1.55 bits per heavy atom. The van der Waals surface area contributed by atoms with E-state index >= 15 is 0 Å². The predicted octanol–water partition coefficient (Wildman–Crippen LogP) is 2.49. The Morgan fingerprint density at radius 3 is 3.00 bits per heavy atom. The minimum atomic E-state index is -2.60. The van der Waals surface area contributed by atoms with Crippen molar-refractivity contribution in [1.29, 1.82) is 0 Å². The van der Waals surface area contributed by atoms with Crippen molar-refractivity contribution >= 4 is 38.3 Å². The van der Waals surface area contributed by atoms with E-state index in [0.29, 0.717) is 16.3 Å². The van der Waals surface area contributed by atoms with Crippen LogP contribution in [0.2, 0.25) is 0 Å². The molecule has 20 heavy (non-hydrogen) atoms. The molecule has 5 nitrogen and oxygen atoms in total. The number of hydrogen-bond donors (Lipinski definition) is 2. The summed E-state index contributed by atoms with van der Waals surface area (Å²) in [7, 11) is 0. The maximum absolute atomic E-state index is 12.0. The summed E-state index contributed by atoms with van der Waals surface area (Å²) in [5.41, 5.74) is 6.96. The molecule has 0 bridgehead atoms. The molecule has 2 aromatic rings. The topological polar surface area (TPSA) is 77.2 Å². The lowest BCUT2D eigenvalue weighted by Crippen LogP contribution is -2.29. The summed E-state index contributed by atoms with van der Waals surface area (Å²) < 4.78 is 29.5. The molecule has 0 aliphatic heterocycles. The Morgan fingerprint density at radius 2 is 2.30 bits per heavy atom. The van der Waals surface area contributed by atoms with E-state index in [2.05, 4.69) is 10.3 Å². The van der Waals surface area contributed by atoms with E-state index in [-0.39, 0.29) is 0 Å². The number of amides is 1. The number of halogens is 2. The van der Waals surface area contributed by atoms with Crippen LogP contribution in [-0.4, -0.2) is 30.0 Å². The second kappa shape index (κ2) is 6.10. The number of thiazole rings is 1. The summed E-state index contributed by atoms with van der Waals surface area (Å²) in [5, 5.41) is 2.91. The van der Waals surface area contributed by atoms with Gasteiger partial charge in [0, 0.05) is 5.69 Å². The average Bonchev–Trinajstić information content (AvgIpc) is 2.76. The molecular formula is C12H13F2N3O2S. The van der Waals surface area contributed by atoms with Crippen LogP contribution in [0.25, 0.3) is 10.2 Å². The smallest absolute Gasteiger partial charge is 0.261 e. The normalized spacial score (nSPS) is 12.8. The number of ether oxygens (including phenoxy) is 1. The zero-order valence-electron chi connectivity index (χ0n) is 10.6. The highest BCUT2D eigenvalue weighted by Gasteiger charge is 2.17. The lowest BCUT2D eigenvalue weighted by Gasteiger charge is -2.11. The number of carbonyl (C=O) groups is 1. The number of alkyl halides is 2. The number of nitrogen functional groups attached to an aromatic ring is 1. The Labute approximate surface area is 117 Å². The fourth-order valence-corrected chi connectivity index (χ4v) is 2.41. The molecule has 2 rings (SSSR count). The molecule has 1 aromatic carbocycles. The Bertz CT molecular complexity index is 618. The van der Waals surface area contributed by atoms with Gasteiger partial charge in [0.1, 0.15) is 12.7 Å². The van der Waals surface area contributed by atoms with Crippen LogP contribution in [0.5, 0.6) is 0 Å². The minimum Gasteiger partial charge on any atom is -0.399 e. The molecule has 1 amide bonds. The Balaban J connectivity index is 2.02. The van der Waals surface area contributed by atoms with E-state index < -0.39 is 25.0 Å². The van der Waals surface area contributed by atoms with E-state index in [9.17, 15) is 13.6 Å². The van der Waals surface area contributed by atoms with Crippen molar-refractivity contribution in [1.82, 2.24) is 4.98 Å². The third-order valence-electron chi connectivity index (χ3n) is 2.48. The van der Waals surface area contributed by atoms with Crippen LogP contribution in [0.3, 0.4) is 0 Å². The van der Waals surface area contributed by atoms with Crippen molar-refractivity contribution in [3.63, 3.8) is 0 Å². The maximum Gasteiger partial charge on any atom is 0.261 e. The maximum atomic E-state index is 12.0. The lowest BCUT2D eigenvalue weighted by molar-refractivity contribution is -0.128. The summed E-state index contributed by atoms with van der Waals surface area (Å²) >= 11 is 1.25. The highest BCUT2D eigenvalue weighted by atomic mass is 32.1. The van der Waals surface area contributed by atoms with Gasteiger partial charge < -0.3 is 10.5 Å². The molecule has 0 fully saturated rings. The summed E-state index contributed by atoms with van der Waals surface area (Å²) in [6, 6.07) is 5.20. The number of nitrogens with two attached hydrogens (primary N) is 1. The van der Waals surface area contributed by atoms with Crippen LogP contribution in [0.15, 0.2) is 18.2 Å². The first-order chi connectivity index (χ1) is 9.45. The molecule has 0 aliphatic carbocycles. The van der Waals surface area contributed by atoms with Gasteiger partial charge in [0.05, 0.1) is 10.2 Å².